The van der Waals surface area contributed by atoms with Crippen molar-refractivity contribution in [3.63, 3.8) is 0 Å². The van der Waals surface area contributed by atoms with E-state index in [2.05, 4.69) is 4.72 Å². The minimum absolute atomic E-state index is 0. The highest BCUT2D eigenvalue weighted by molar-refractivity contribution is 7.89. The molecule has 1 rings (SSSR count). The predicted octanol–water partition coefficient (Wildman–Crippen LogP) is 1.52. The van der Waals surface area contributed by atoms with Gasteiger partial charge in [-0.25, -0.2) is 13.1 Å². The summed E-state index contributed by atoms with van der Waals surface area (Å²) in [5, 5.41) is 0. The monoisotopic (exact) mass is 308 g/mol. The summed E-state index contributed by atoms with van der Waals surface area (Å²) in [6.45, 7) is 4.64. The van der Waals surface area contributed by atoms with Gasteiger partial charge < -0.3 is 10.5 Å². The molecule has 0 saturated heterocycles. The Morgan fingerprint density at radius 1 is 1.26 bits per heavy atom. The van der Waals surface area contributed by atoms with Crippen molar-refractivity contribution in [1.82, 2.24) is 4.72 Å². The SMILES string of the molecule is CC(C)Oc1ccc(S(=O)(=O)NCCCN)cc1.Cl. The van der Waals surface area contributed by atoms with Crippen molar-refractivity contribution in [3.8, 4) is 5.75 Å². The Bertz CT molecular complexity index is 460. The van der Waals surface area contributed by atoms with Crippen LogP contribution in [0.25, 0.3) is 0 Å². The van der Waals surface area contributed by atoms with Gasteiger partial charge in [0, 0.05) is 6.54 Å². The molecule has 0 aliphatic carbocycles. The standard InChI is InChI=1S/C12H20N2O3S.ClH/c1-10(2)17-11-4-6-12(7-5-11)18(15,16)14-9-3-8-13;/h4-7,10,14H,3,8-9,13H2,1-2H3;1H. The molecule has 0 saturated carbocycles. The van der Waals surface area contributed by atoms with Crippen LogP contribution in [0.4, 0.5) is 0 Å². The van der Waals surface area contributed by atoms with Crippen LogP contribution in [-0.2, 0) is 10.0 Å². The Labute approximate surface area is 121 Å². The van der Waals surface area contributed by atoms with Crippen molar-refractivity contribution in [2.24, 2.45) is 5.73 Å². The summed E-state index contributed by atoms with van der Waals surface area (Å²) in [5.74, 6) is 0.658. The molecule has 7 heteroatoms. The van der Waals surface area contributed by atoms with E-state index in [1.807, 2.05) is 13.8 Å². The Kier molecular flexibility index (Phi) is 8.01. The molecule has 0 atom stereocenters. The van der Waals surface area contributed by atoms with Crippen molar-refractivity contribution in [3.05, 3.63) is 24.3 Å². The van der Waals surface area contributed by atoms with Crippen molar-refractivity contribution in [2.45, 2.75) is 31.3 Å². The summed E-state index contributed by atoms with van der Waals surface area (Å²) in [4.78, 5) is 0.232. The third-order valence-electron chi connectivity index (χ3n) is 2.18. The lowest BCUT2D eigenvalue weighted by Gasteiger charge is -2.10. The zero-order valence-electron chi connectivity index (χ0n) is 11.1. The van der Waals surface area contributed by atoms with Gasteiger partial charge in [-0.2, -0.15) is 0 Å². The molecule has 3 N–H and O–H groups in total. The van der Waals surface area contributed by atoms with Gasteiger partial charge in [-0.1, -0.05) is 0 Å². The second-order valence-corrected chi connectivity index (χ2v) is 5.94. The van der Waals surface area contributed by atoms with Crippen LogP contribution in [0.1, 0.15) is 20.3 Å². The molecule has 0 radical (unpaired) electrons. The highest BCUT2D eigenvalue weighted by Gasteiger charge is 2.12. The Morgan fingerprint density at radius 2 is 1.84 bits per heavy atom. The first-order valence-electron chi connectivity index (χ1n) is 5.92. The molecule has 0 aliphatic heterocycles. The number of hydrogen-bond acceptors (Lipinski definition) is 4. The minimum atomic E-state index is -3.44. The van der Waals surface area contributed by atoms with Crippen LogP contribution >= 0.6 is 12.4 Å². The van der Waals surface area contributed by atoms with Gasteiger partial charge in [0.1, 0.15) is 5.75 Å². The van der Waals surface area contributed by atoms with Gasteiger partial charge in [-0.3, -0.25) is 0 Å². The third kappa shape index (κ3) is 6.24. The fraction of sp³-hybridized carbons (Fsp3) is 0.500. The second-order valence-electron chi connectivity index (χ2n) is 4.18. The van der Waals surface area contributed by atoms with Gasteiger partial charge in [-0.05, 0) is 51.1 Å². The van der Waals surface area contributed by atoms with E-state index in [0.29, 0.717) is 25.3 Å². The summed E-state index contributed by atoms with van der Waals surface area (Å²) < 4.78 is 31.6. The van der Waals surface area contributed by atoms with Gasteiger partial charge in [0.15, 0.2) is 0 Å². The number of sulfonamides is 1. The molecule has 0 amide bonds. The first-order valence-corrected chi connectivity index (χ1v) is 7.40. The highest BCUT2D eigenvalue weighted by atomic mass is 35.5. The molecule has 0 aliphatic rings. The average Bonchev–Trinajstić information content (AvgIpc) is 2.29. The topological polar surface area (TPSA) is 81.4 Å². The maximum absolute atomic E-state index is 11.8. The molecule has 19 heavy (non-hydrogen) atoms. The van der Waals surface area contributed by atoms with Crippen LogP contribution in [0, 0.1) is 0 Å². The van der Waals surface area contributed by atoms with Gasteiger partial charge >= 0.3 is 0 Å². The quantitative estimate of drug-likeness (QED) is 0.748. The first-order chi connectivity index (χ1) is 8.45. The Balaban J connectivity index is 0.00000324. The number of halogens is 1. The molecule has 1 aromatic carbocycles. The number of ether oxygens (including phenoxy) is 1. The van der Waals surface area contributed by atoms with Crippen LogP contribution < -0.4 is 15.2 Å². The first kappa shape index (κ1) is 18.2. The van der Waals surface area contributed by atoms with E-state index >= 15 is 0 Å². The molecule has 110 valence electrons. The number of nitrogens with one attached hydrogen (secondary N) is 1. The average molecular weight is 309 g/mol. The molecule has 0 unspecified atom stereocenters. The summed E-state index contributed by atoms with van der Waals surface area (Å²) in [6.07, 6.45) is 0.684. The van der Waals surface area contributed by atoms with Crippen molar-refractivity contribution in [2.75, 3.05) is 13.1 Å². The number of rotatable bonds is 7. The van der Waals surface area contributed by atoms with Crippen LogP contribution in [0.15, 0.2) is 29.2 Å². The number of hydrogen-bond donors (Lipinski definition) is 2. The maximum Gasteiger partial charge on any atom is 0.240 e. The Morgan fingerprint density at radius 3 is 2.32 bits per heavy atom. The highest BCUT2D eigenvalue weighted by Crippen LogP contribution is 2.16. The molecule has 0 aromatic heterocycles. The second kappa shape index (κ2) is 8.37. The van der Waals surface area contributed by atoms with Crippen LogP contribution in [0.5, 0.6) is 5.75 Å². The summed E-state index contributed by atoms with van der Waals surface area (Å²) in [6, 6.07) is 6.36. The molecular weight excluding hydrogens is 288 g/mol. The van der Waals surface area contributed by atoms with E-state index in [1.54, 1.807) is 12.1 Å². The lowest BCUT2D eigenvalue weighted by atomic mass is 10.3. The molecule has 0 bridgehead atoms. The van der Waals surface area contributed by atoms with E-state index in [4.69, 9.17) is 10.5 Å². The van der Waals surface area contributed by atoms with Crippen molar-refractivity contribution < 1.29 is 13.2 Å². The normalized spacial score (nSPS) is 11.2. The number of benzene rings is 1. The summed E-state index contributed by atoms with van der Waals surface area (Å²) in [7, 11) is -3.44. The summed E-state index contributed by atoms with van der Waals surface area (Å²) >= 11 is 0. The Hall–Kier alpha value is -0.820. The van der Waals surface area contributed by atoms with Gasteiger partial charge in [-0.15, -0.1) is 12.4 Å². The number of nitrogens with two attached hydrogens (primary N) is 1. The smallest absolute Gasteiger partial charge is 0.240 e. The molecule has 0 spiro atoms. The van der Waals surface area contributed by atoms with E-state index in [-0.39, 0.29) is 23.4 Å². The van der Waals surface area contributed by atoms with E-state index in [0.717, 1.165) is 0 Å². The fourth-order valence-electron chi connectivity index (χ4n) is 1.36. The van der Waals surface area contributed by atoms with E-state index in [1.165, 1.54) is 12.1 Å². The largest absolute Gasteiger partial charge is 0.491 e. The van der Waals surface area contributed by atoms with Gasteiger partial charge in [0.2, 0.25) is 10.0 Å². The van der Waals surface area contributed by atoms with Gasteiger partial charge in [0.25, 0.3) is 0 Å². The van der Waals surface area contributed by atoms with Gasteiger partial charge in [0.05, 0.1) is 11.0 Å². The van der Waals surface area contributed by atoms with Crippen molar-refractivity contribution >= 4 is 22.4 Å². The fourth-order valence-corrected chi connectivity index (χ4v) is 2.44. The zero-order valence-corrected chi connectivity index (χ0v) is 12.8. The van der Waals surface area contributed by atoms with Crippen LogP contribution in [0.3, 0.4) is 0 Å². The molecule has 0 fully saturated rings. The lowest BCUT2D eigenvalue weighted by Crippen LogP contribution is -2.26. The van der Waals surface area contributed by atoms with Crippen LogP contribution in [-0.4, -0.2) is 27.6 Å². The predicted molar refractivity (Wildman–Crippen MR) is 78.3 cm³/mol. The molecular formula is C12H21ClN2O3S. The van der Waals surface area contributed by atoms with E-state index in [9.17, 15) is 8.42 Å². The van der Waals surface area contributed by atoms with Crippen LogP contribution in [0.2, 0.25) is 0 Å². The third-order valence-corrected chi connectivity index (χ3v) is 3.66. The molecule has 1 aromatic rings. The minimum Gasteiger partial charge on any atom is -0.491 e. The molecule has 5 nitrogen and oxygen atoms in total. The molecule has 0 heterocycles. The maximum atomic E-state index is 11.8. The van der Waals surface area contributed by atoms with Crippen molar-refractivity contribution in [1.29, 1.82) is 0 Å². The zero-order chi connectivity index (χ0) is 13.6. The lowest BCUT2D eigenvalue weighted by molar-refractivity contribution is 0.242. The summed E-state index contributed by atoms with van der Waals surface area (Å²) in [5.41, 5.74) is 5.31. The van der Waals surface area contributed by atoms with E-state index < -0.39 is 10.0 Å².